The van der Waals surface area contributed by atoms with Crippen LogP contribution in [-0.4, -0.2) is 23.2 Å². The summed E-state index contributed by atoms with van der Waals surface area (Å²) in [5, 5.41) is 0.439. The van der Waals surface area contributed by atoms with E-state index < -0.39 is 39.2 Å². The van der Waals surface area contributed by atoms with Gasteiger partial charge in [0.05, 0.1) is 5.58 Å². The average molecular weight is 1000 g/mol. The summed E-state index contributed by atoms with van der Waals surface area (Å²) in [6.07, 6.45) is -0.294. The van der Waals surface area contributed by atoms with Gasteiger partial charge in [-0.1, -0.05) is 42.0 Å². The van der Waals surface area contributed by atoms with Gasteiger partial charge < -0.3 is 9.40 Å². The monoisotopic (exact) mass is 1000 g/mol. The first kappa shape index (κ1) is 31.5. The van der Waals surface area contributed by atoms with Gasteiger partial charge in [0.25, 0.3) is 0 Å². The van der Waals surface area contributed by atoms with Gasteiger partial charge in [0, 0.05) is 31.3 Å². The van der Waals surface area contributed by atoms with Gasteiger partial charge in [-0.25, -0.2) is 4.98 Å². The van der Waals surface area contributed by atoms with Crippen molar-refractivity contribution in [1.29, 1.82) is 0 Å². The Morgan fingerprint density at radius 1 is 0.741 bits per heavy atom. The quantitative estimate of drug-likeness (QED) is 0.118. The molecule has 0 aliphatic heterocycles. The van der Waals surface area contributed by atoms with Crippen molar-refractivity contribution in [3.63, 3.8) is 0 Å². The molecule has 9 rings (SSSR count). The maximum absolute atomic E-state index is 14.8. The normalized spacial score (nSPS) is 13.9. The van der Waals surface area contributed by atoms with E-state index in [1.807, 2.05) is 72.8 Å². The van der Waals surface area contributed by atoms with Crippen LogP contribution in [0.5, 0.6) is 0 Å². The molecule has 0 saturated carbocycles. The zero-order valence-corrected chi connectivity index (χ0v) is 36.4. The van der Waals surface area contributed by atoms with Gasteiger partial charge >= 0.3 is 201 Å². The second kappa shape index (κ2) is 17.6. The zero-order valence-electron chi connectivity index (χ0n) is 39.9. The van der Waals surface area contributed by atoms with E-state index in [4.69, 9.17) is 15.4 Å². The molecule has 6 heteroatoms. The van der Waals surface area contributed by atoms with Crippen LogP contribution in [0.2, 0.25) is 17.3 Å². The second-order valence-electron chi connectivity index (χ2n) is 14.6. The molecule has 0 saturated heterocycles. The number of aryl methyl sites for hydroxylation is 2. The smallest absolute Gasteiger partial charge is 3.00 e. The Morgan fingerprint density at radius 2 is 1.45 bits per heavy atom. The summed E-state index contributed by atoms with van der Waals surface area (Å²) in [5.41, 5.74) is 7.27. The summed E-state index contributed by atoms with van der Waals surface area (Å²) in [7, 11) is 0. The number of fused-ring (bicyclic) bond motifs is 3. The fraction of sp³-hybridized carbons (Fsp3) is 0.115. The number of benzene rings is 6. The molecule has 6 aromatic carbocycles. The maximum atomic E-state index is 14.8. The fourth-order valence-corrected chi connectivity index (χ4v) is 9.82. The largest absolute Gasteiger partial charge is 3.00 e. The molecule has 0 bridgehead atoms. The van der Waals surface area contributed by atoms with E-state index in [0.29, 0.717) is 33.3 Å². The van der Waals surface area contributed by atoms with Crippen molar-refractivity contribution in [1.82, 2.24) is 9.97 Å². The number of pyridine rings is 2. The van der Waals surface area contributed by atoms with Crippen LogP contribution < -0.4 is 4.40 Å². The van der Waals surface area contributed by atoms with Crippen molar-refractivity contribution in [2.24, 2.45) is 0 Å². The van der Waals surface area contributed by atoms with Crippen LogP contribution in [0, 0.1) is 37.7 Å². The van der Waals surface area contributed by atoms with Crippen LogP contribution in [-0.2, 0) is 26.5 Å². The number of furan rings is 1. The molecular weight excluding hydrogens is 952 g/mol. The van der Waals surface area contributed by atoms with Crippen LogP contribution in [0.25, 0.3) is 66.7 Å². The Morgan fingerprint density at radius 3 is 2.16 bits per heavy atom. The van der Waals surface area contributed by atoms with Crippen LogP contribution in [0.1, 0.15) is 33.4 Å². The minimum Gasteiger partial charge on any atom is 3.00 e. The third-order valence-electron chi connectivity index (χ3n) is 9.62. The van der Waals surface area contributed by atoms with E-state index >= 15 is 0 Å². The second-order valence-corrected chi connectivity index (χ2v) is 25.2. The van der Waals surface area contributed by atoms with Crippen molar-refractivity contribution < 1.29 is 39.9 Å². The van der Waals surface area contributed by atoms with Crippen LogP contribution >= 0.6 is 0 Å². The predicted octanol–water partition coefficient (Wildman–Crippen LogP) is 13.0. The van der Waals surface area contributed by atoms with Gasteiger partial charge in [-0.05, 0) is 53.6 Å². The summed E-state index contributed by atoms with van der Waals surface area (Å²) >= 11 is -2.34. The molecule has 0 unspecified atom stereocenters. The molecule has 0 N–H and O–H groups in total. The standard InChI is InChI=1S/C28H26Ge.C24H16FN2O.Ir/c1-29(2,3)28-18-17-26(21-27(28)19-22-11-6-4-7-12-22)25-16-10-15-24(20-25)23-13-8-5-9-14-23;1-14-13-26-21(12-19(14)16-6-4-3-5-7-16)17-10-11-20(25)22-18-9-8-15(2)27-24(18)28-23(17)22;/h4-15,18,20-21H,19H2,1-3H3;3-9,11-13H,1-2H3;/q-2;-1;+3/i19D2;1D3,2D3;. The first-order chi connectivity index (χ1) is 30.8. The van der Waals surface area contributed by atoms with E-state index in [1.165, 1.54) is 18.3 Å². The average Bonchev–Trinajstić information content (AvgIpc) is 3.69. The molecule has 0 aliphatic rings. The summed E-state index contributed by atoms with van der Waals surface area (Å²) in [4.78, 5) is 8.39. The Bertz CT molecular complexity index is 3160. The van der Waals surface area contributed by atoms with Gasteiger partial charge in [-0.3, -0.25) is 4.39 Å². The van der Waals surface area contributed by atoms with Gasteiger partial charge in [0.1, 0.15) is 0 Å². The van der Waals surface area contributed by atoms with Crippen molar-refractivity contribution in [2.75, 3.05) is 0 Å². The molecule has 58 heavy (non-hydrogen) atoms. The topological polar surface area (TPSA) is 38.9 Å². The van der Waals surface area contributed by atoms with E-state index in [9.17, 15) is 4.39 Å². The van der Waals surface area contributed by atoms with Crippen LogP contribution in [0.3, 0.4) is 0 Å². The Labute approximate surface area is 368 Å². The molecule has 3 nitrogen and oxygen atoms in total. The van der Waals surface area contributed by atoms with Gasteiger partial charge in [-0.15, -0.1) is 12.1 Å². The summed E-state index contributed by atoms with van der Waals surface area (Å²) in [6.45, 7) is -4.84. The van der Waals surface area contributed by atoms with Gasteiger partial charge in [0.2, 0.25) is 5.71 Å². The molecule has 3 aromatic heterocycles. The predicted molar refractivity (Wildman–Crippen MR) is 236 cm³/mol. The van der Waals surface area contributed by atoms with E-state index in [-0.39, 0.29) is 48.0 Å². The molecule has 0 spiro atoms. The molecule has 0 amide bonds. The molecule has 3 heterocycles. The minimum absolute atomic E-state index is 0. The van der Waals surface area contributed by atoms with Crippen molar-refractivity contribution in [3.8, 4) is 44.6 Å². The molecule has 0 aliphatic carbocycles. The van der Waals surface area contributed by atoms with Crippen molar-refractivity contribution >= 4 is 39.7 Å². The number of nitrogens with zero attached hydrogens (tertiary/aromatic N) is 2. The SMILES string of the molecule is [2H]C([2H])([2H])c1ccc2c(n1)oc1c(-c3cc(-c4ccccc4)c(C([2H])([2H])[2H])cn3)[c-]cc(F)c12.[2H]C([2H])(c1ccccc1)c1cc(-c2[c-]ccc(-c3ccccc3)c2)[c-]c[c]1[Ge]([CH3])([CH3])[CH3].[Ir+3]. The van der Waals surface area contributed by atoms with E-state index in [2.05, 4.69) is 69.7 Å². The Hall–Kier alpha value is -5.46. The number of aromatic nitrogens is 2. The van der Waals surface area contributed by atoms with Gasteiger partial charge in [0.15, 0.2) is 0 Å². The number of rotatable bonds is 7. The molecule has 0 atom stereocenters. The summed E-state index contributed by atoms with van der Waals surface area (Å²) in [6, 6.07) is 54.0. The van der Waals surface area contributed by atoms with Crippen molar-refractivity contribution in [3.05, 3.63) is 198 Å². The van der Waals surface area contributed by atoms with E-state index in [0.717, 1.165) is 38.3 Å². The first-order valence-electron chi connectivity index (χ1n) is 22.5. The van der Waals surface area contributed by atoms with E-state index in [1.54, 1.807) is 30.3 Å². The molecule has 0 radical (unpaired) electrons. The summed E-state index contributed by atoms with van der Waals surface area (Å²) in [5.74, 6) is 6.30. The zero-order chi connectivity index (χ0) is 46.3. The number of halogens is 1. The minimum atomic E-state index is -2.45. The number of hydrogen-bond acceptors (Lipinski definition) is 3. The Kier molecular flexibility index (Phi) is 9.55. The number of hydrogen-bond donors (Lipinski definition) is 0. The molecule has 286 valence electrons. The fourth-order valence-electron chi connectivity index (χ4n) is 6.78. The van der Waals surface area contributed by atoms with Crippen LogP contribution in [0.4, 0.5) is 4.39 Å². The van der Waals surface area contributed by atoms with Crippen molar-refractivity contribution in [2.45, 2.75) is 37.3 Å². The first-order valence-corrected chi connectivity index (χ1v) is 25.8. The van der Waals surface area contributed by atoms with Crippen LogP contribution in [0.15, 0.2) is 156 Å². The van der Waals surface area contributed by atoms with Gasteiger partial charge in [-0.2, -0.15) is 0 Å². The molecule has 9 aromatic rings. The molecular formula is C52H42FGeIrN2O. The maximum Gasteiger partial charge on any atom is 3.00 e. The molecule has 0 fully saturated rings. The summed E-state index contributed by atoms with van der Waals surface area (Å²) < 4.78 is 86.3. The third kappa shape index (κ3) is 8.83. The third-order valence-corrected chi connectivity index (χ3v) is 13.9. The Balaban J connectivity index is 0.000000194.